The molecule has 1 aromatic heterocycles. The fraction of sp³-hybridized carbons (Fsp3) is 0.667. The maximum Gasteiger partial charge on any atom is 0.329 e. The number of nitrogens with zero attached hydrogens (tertiary/aromatic N) is 4. The van der Waals surface area contributed by atoms with E-state index < -0.39 is 18.5 Å². The summed E-state index contributed by atoms with van der Waals surface area (Å²) in [5, 5.41) is 28.9. The molecule has 0 saturated carbocycles. The third-order valence-corrected chi connectivity index (χ3v) is 2.87. The van der Waals surface area contributed by atoms with Crippen molar-refractivity contribution < 1.29 is 29.0 Å². The minimum Gasteiger partial charge on any atom is -0.480 e. The lowest BCUT2D eigenvalue weighted by Gasteiger charge is -2.06. The Morgan fingerprint density at radius 3 is 1.85 bits per heavy atom. The summed E-state index contributed by atoms with van der Waals surface area (Å²) in [6, 6.07) is 0. The molecule has 1 heterocycles. The van der Waals surface area contributed by atoms with Gasteiger partial charge in [-0.15, -0.1) is 20.4 Å². The van der Waals surface area contributed by atoms with Crippen LogP contribution in [0.3, 0.4) is 0 Å². The van der Waals surface area contributed by atoms with Crippen molar-refractivity contribution in [3.05, 3.63) is 11.6 Å². The van der Waals surface area contributed by atoms with Gasteiger partial charge in [0.2, 0.25) is 11.8 Å². The van der Waals surface area contributed by atoms with Crippen LogP contribution in [0, 0.1) is 5.92 Å². The monoisotopic (exact) mass is 384 g/mol. The zero-order valence-electron chi connectivity index (χ0n) is 15.3. The number of hydrogen-bond donors (Lipinski definition) is 3. The molecule has 1 rings (SSSR count). The van der Waals surface area contributed by atoms with Crippen LogP contribution in [0.4, 0.5) is 0 Å². The number of aromatic nitrogens is 4. The van der Waals surface area contributed by atoms with E-state index >= 15 is 0 Å². The summed E-state index contributed by atoms with van der Waals surface area (Å²) in [6.45, 7) is 3.60. The first-order valence-corrected chi connectivity index (χ1v) is 8.32. The summed E-state index contributed by atoms with van der Waals surface area (Å²) in [5.74, 6) is -0.828. The summed E-state index contributed by atoms with van der Waals surface area (Å²) in [7, 11) is 0. The standard InChI is InChI=1S/C15H24N6O6/c1-10(2)5-13(22)16-6-11-18-20-12(21-19-11)7-17-14(23)8-26-3-4-27-9-15(24)25/h10H,3-9H2,1-2H3,(H,16,22)(H,17,23)(H,24,25). The Kier molecular flexibility index (Phi) is 10.4. The molecule has 0 aliphatic carbocycles. The number of carbonyl (C=O) groups is 3. The molecule has 0 spiro atoms. The number of amides is 2. The van der Waals surface area contributed by atoms with Crippen molar-refractivity contribution in [1.82, 2.24) is 31.0 Å². The minimum atomic E-state index is -1.07. The Bertz CT molecular complexity index is 609. The molecular formula is C15H24N6O6. The van der Waals surface area contributed by atoms with Crippen LogP contribution in [0.15, 0.2) is 0 Å². The predicted molar refractivity (Wildman–Crippen MR) is 90.0 cm³/mol. The quantitative estimate of drug-likeness (QED) is 0.347. The van der Waals surface area contributed by atoms with E-state index in [1.165, 1.54) is 0 Å². The van der Waals surface area contributed by atoms with E-state index in [0.717, 1.165) is 0 Å². The highest BCUT2D eigenvalue weighted by molar-refractivity contribution is 5.77. The van der Waals surface area contributed by atoms with Gasteiger partial charge in [-0.3, -0.25) is 9.59 Å². The number of rotatable bonds is 13. The van der Waals surface area contributed by atoms with Crippen molar-refractivity contribution in [3.8, 4) is 0 Å². The smallest absolute Gasteiger partial charge is 0.329 e. The lowest BCUT2D eigenvalue weighted by atomic mass is 10.1. The summed E-state index contributed by atoms with van der Waals surface area (Å²) in [4.78, 5) is 33.3. The molecule has 27 heavy (non-hydrogen) atoms. The van der Waals surface area contributed by atoms with Gasteiger partial charge in [-0.05, 0) is 5.92 Å². The Morgan fingerprint density at radius 1 is 0.889 bits per heavy atom. The van der Waals surface area contributed by atoms with Crippen LogP contribution < -0.4 is 10.6 Å². The summed E-state index contributed by atoms with van der Waals surface area (Å²) in [5.41, 5.74) is 0. The van der Waals surface area contributed by atoms with Crippen molar-refractivity contribution >= 4 is 17.8 Å². The predicted octanol–water partition coefficient (Wildman–Crippen LogP) is -1.34. The third kappa shape index (κ3) is 11.5. The average molecular weight is 384 g/mol. The molecular weight excluding hydrogens is 360 g/mol. The second kappa shape index (κ2) is 12.6. The van der Waals surface area contributed by atoms with Gasteiger partial charge in [-0.1, -0.05) is 13.8 Å². The topological polar surface area (TPSA) is 166 Å². The van der Waals surface area contributed by atoms with Crippen molar-refractivity contribution in [2.24, 2.45) is 5.92 Å². The van der Waals surface area contributed by atoms with Gasteiger partial charge >= 0.3 is 5.97 Å². The fourth-order valence-electron chi connectivity index (χ4n) is 1.70. The lowest BCUT2D eigenvalue weighted by molar-refractivity contribution is -0.143. The molecule has 0 aromatic carbocycles. The van der Waals surface area contributed by atoms with E-state index in [9.17, 15) is 14.4 Å². The van der Waals surface area contributed by atoms with Gasteiger partial charge < -0.3 is 25.2 Å². The molecule has 2 amide bonds. The van der Waals surface area contributed by atoms with Gasteiger partial charge in [0.25, 0.3) is 0 Å². The zero-order valence-corrected chi connectivity index (χ0v) is 15.3. The zero-order chi connectivity index (χ0) is 20.1. The SMILES string of the molecule is CC(C)CC(=O)NCc1nnc(CNC(=O)COCCOCC(=O)O)nn1. The van der Waals surface area contributed by atoms with E-state index in [1.54, 1.807) is 0 Å². The molecule has 12 nitrogen and oxygen atoms in total. The van der Waals surface area contributed by atoms with Crippen molar-refractivity contribution in [2.75, 3.05) is 26.4 Å². The van der Waals surface area contributed by atoms with Crippen molar-refractivity contribution in [3.63, 3.8) is 0 Å². The molecule has 3 N–H and O–H groups in total. The Hall–Kier alpha value is -2.73. The Labute approximate surface area is 156 Å². The highest BCUT2D eigenvalue weighted by Crippen LogP contribution is 1.98. The number of aliphatic carboxylic acids is 1. The van der Waals surface area contributed by atoms with E-state index in [0.29, 0.717) is 6.42 Å². The van der Waals surface area contributed by atoms with Crippen LogP contribution >= 0.6 is 0 Å². The van der Waals surface area contributed by atoms with E-state index in [4.69, 9.17) is 14.6 Å². The molecule has 0 aliphatic rings. The van der Waals surface area contributed by atoms with Crippen LogP contribution in [0.5, 0.6) is 0 Å². The number of carboxylic acid groups (broad SMARTS) is 1. The maximum atomic E-state index is 11.6. The molecule has 0 atom stereocenters. The highest BCUT2D eigenvalue weighted by Gasteiger charge is 2.08. The summed E-state index contributed by atoms with van der Waals surface area (Å²) < 4.78 is 9.78. The van der Waals surface area contributed by atoms with Crippen LogP contribution in [-0.2, 0) is 36.9 Å². The molecule has 0 fully saturated rings. The van der Waals surface area contributed by atoms with Gasteiger partial charge in [0.05, 0.1) is 26.3 Å². The molecule has 0 bridgehead atoms. The first kappa shape index (κ1) is 22.3. The highest BCUT2D eigenvalue weighted by atomic mass is 16.5. The molecule has 0 saturated heterocycles. The van der Waals surface area contributed by atoms with Gasteiger partial charge in [0, 0.05) is 6.42 Å². The van der Waals surface area contributed by atoms with Crippen LogP contribution in [0.1, 0.15) is 31.9 Å². The number of carbonyl (C=O) groups excluding carboxylic acids is 2. The number of nitrogens with one attached hydrogen (secondary N) is 2. The molecule has 150 valence electrons. The van der Waals surface area contributed by atoms with E-state index in [-0.39, 0.29) is 56.4 Å². The van der Waals surface area contributed by atoms with Crippen molar-refractivity contribution in [1.29, 1.82) is 0 Å². The van der Waals surface area contributed by atoms with Crippen LogP contribution in [0.25, 0.3) is 0 Å². The average Bonchev–Trinajstić information content (AvgIpc) is 2.61. The fourth-order valence-corrected chi connectivity index (χ4v) is 1.70. The molecule has 0 aliphatic heterocycles. The third-order valence-electron chi connectivity index (χ3n) is 2.87. The molecule has 12 heteroatoms. The van der Waals surface area contributed by atoms with Gasteiger partial charge in [-0.2, -0.15) is 0 Å². The largest absolute Gasteiger partial charge is 0.480 e. The first-order chi connectivity index (χ1) is 12.9. The second-order valence-electron chi connectivity index (χ2n) is 5.88. The molecule has 0 radical (unpaired) electrons. The van der Waals surface area contributed by atoms with Gasteiger partial charge in [0.1, 0.15) is 13.2 Å². The summed E-state index contributed by atoms with van der Waals surface area (Å²) in [6.07, 6.45) is 0.415. The maximum absolute atomic E-state index is 11.6. The normalized spacial score (nSPS) is 10.6. The Balaban J connectivity index is 2.18. The first-order valence-electron chi connectivity index (χ1n) is 8.32. The van der Waals surface area contributed by atoms with Crippen LogP contribution in [0.2, 0.25) is 0 Å². The van der Waals surface area contributed by atoms with E-state index in [1.807, 2.05) is 13.8 Å². The summed E-state index contributed by atoms with van der Waals surface area (Å²) >= 11 is 0. The molecule has 0 unspecified atom stereocenters. The number of ether oxygens (including phenoxy) is 2. The second-order valence-corrected chi connectivity index (χ2v) is 5.88. The minimum absolute atomic E-state index is 0.0255. The molecule has 1 aromatic rings. The van der Waals surface area contributed by atoms with Crippen LogP contribution in [-0.4, -0.2) is 69.7 Å². The van der Waals surface area contributed by atoms with E-state index in [2.05, 4.69) is 31.0 Å². The van der Waals surface area contributed by atoms with Crippen molar-refractivity contribution in [2.45, 2.75) is 33.4 Å². The Morgan fingerprint density at radius 2 is 1.37 bits per heavy atom. The van der Waals surface area contributed by atoms with Gasteiger partial charge in [-0.25, -0.2) is 4.79 Å². The van der Waals surface area contributed by atoms with Gasteiger partial charge in [0.15, 0.2) is 11.6 Å². The lowest BCUT2D eigenvalue weighted by Crippen LogP contribution is -2.29. The number of carboxylic acids is 1. The number of hydrogen-bond acceptors (Lipinski definition) is 9.